The normalized spacial score (nSPS) is 12.5. The standard InChI is InChI=1S/C28H31NO/c1-23(2)18-19-28(30)27(20-24-12-6-3-7-13-24)29(21-25-14-8-4-9-15-25)22-26-16-10-5-11-17-26/h3-19,23,27H,20-22H2,1-2H3/b19-18+/t27-/m0/s1. The van der Waals surface area contributed by atoms with Crippen molar-refractivity contribution in [2.24, 2.45) is 5.92 Å². The number of ketones is 1. The Balaban J connectivity index is 1.93. The maximum atomic E-state index is 13.3. The fourth-order valence-electron chi connectivity index (χ4n) is 3.56. The van der Waals surface area contributed by atoms with Crippen molar-refractivity contribution in [3.8, 4) is 0 Å². The summed E-state index contributed by atoms with van der Waals surface area (Å²) < 4.78 is 0. The Bertz CT molecular complexity index is 875. The van der Waals surface area contributed by atoms with E-state index in [1.807, 2.05) is 36.4 Å². The van der Waals surface area contributed by atoms with E-state index in [1.165, 1.54) is 16.7 Å². The van der Waals surface area contributed by atoms with Gasteiger partial charge in [0.25, 0.3) is 0 Å². The van der Waals surface area contributed by atoms with E-state index in [-0.39, 0.29) is 11.8 Å². The second-order valence-corrected chi connectivity index (χ2v) is 8.09. The third kappa shape index (κ3) is 6.82. The quantitative estimate of drug-likeness (QED) is 0.386. The van der Waals surface area contributed by atoms with Crippen LogP contribution in [0, 0.1) is 5.92 Å². The van der Waals surface area contributed by atoms with Crippen molar-refractivity contribution in [3.05, 3.63) is 120 Å². The van der Waals surface area contributed by atoms with Crippen LogP contribution in [0.25, 0.3) is 0 Å². The molecule has 0 radical (unpaired) electrons. The van der Waals surface area contributed by atoms with Crippen LogP contribution in [0.3, 0.4) is 0 Å². The number of hydrogen-bond donors (Lipinski definition) is 0. The number of carbonyl (C=O) groups excluding carboxylic acids is 1. The summed E-state index contributed by atoms with van der Waals surface area (Å²) >= 11 is 0. The van der Waals surface area contributed by atoms with E-state index in [4.69, 9.17) is 0 Å². The highest BCUT2D eigenvalue weighted by molar-refractivity contribution is 5.94. The Labute approximate surface area is 180 Å². The van der Waals surface area contributed by atoms with Gasteiger partial charge in [0.15, 0.2) is 5.78 Å². The molecule has 0 bridgehead atoms. The lowest BCUT2D eigenvalue weighted by Crippen LogP contribution is -2.41. The van der Waals surface area contributed by atoms with Gasteiger partial charge in [0.1, 0.15) is 0 Å². The molecule has 0 fully saturated rings. The van der Waals surface area contributed by atoms with Crippen molar-refractivity contribution < 1.29 is 4.79 Å². The minimum atomic E-state index is -0.220. The van der Waals surface area contributed by atoms with Crippen LogP contribution in [-0.2, 0) is 24.3 Å². The molecule has 3 aromatic rings. The Kier molecular flexibility index (Phi) is 8.17. The topological polar surface area (TPSA) is 20.3 Å². The zero-order valence-corrected chi connectivity index (χ0v) is 17.9. The fourth-order valence-corrected chi connectivity index (χ4v) is 3.56. The summed E-state index contributed by atoms with van der Waals surface area (Å²) in [6.07, 6.45) is 4.48. The molecule has 0 heterocycles. The summed E-state index contributed by atoms with van der Waals surface area (Å²) in [6, 6.07) is 30.9. The molecule has 3 aromatic carbocycles. The van der Waals surface area contributed by atoms with Gasteiger partial charge in [-0.15, -0.1) is 0 Å². The molecule has 0 amide bonds. The highest BCUT2D eigenvalue weighted by Crippen LogP contribution is 2.18. The van der Waals surface area contributed by atoms with E-state index in [2.05, 4.69) is 79.4 Å². The molecule has 0 aromatic heterocycles. The monoisotopic (exact) mass is 397 g/mol. The van der Waals surface area contributed by atoms with Gasteiger partial charge in [-0.3, -0.25) is 9.69 Å². The van der Waals surface area contributed by atoms with Gasteiger partial charge >= 0.3 is 0 Å². The first-order chi connectivity index (χ1) is 14.6. The van der Waals surface area contributed by atoms with Crippen LogP contribution in [0.5, 0.6) is 0 Å². The number of hydrogen-bond acceptors (Lipinski definition) is 2. The maximum Gasteiger partial charge on any atom is 0.172 e. The second kappa shape index (κ2) is 11.3. The lowest BCUT2D eigenvalue weighted by atomic mass is 9.98. The Morgan fingerprint density at radius 1 is 0.733 bits per heavy atom. The van der Waals surface area contributed by atoms with Crippen molar-refractivity contribution in [1.82, 2.24) is 4.90 Å². The molecule has 0 aliphatic rings. The average Bonchev–Trinajstić information content (AvgIpc) is 2.77. The minimum absolute atomic E-state index is 0.166. The fraction of sp³-hybridized carbons (Fsp3) is 0.250. The molecule has 30 heavy (non-hydrogen) atoms. The summed E-state index contributed by atoms with van der Waals surface area (Å²) in [5, 5.41) is 0. The van der Waals surface area contributed by atoms with Crippen LogP contribution in [0.4, 0.5) is 0 Å². The van der Waals surface area contributed by atoms with Gasteiger partial charge in [-0.25, -0.2) is 0 Å². The number of benzene rings is 3. The molecule has 0 spiro atoms. The summed E-state index contributed by atoms with van der Waals surface area (Å²) in [4.78, 5) is 15.7. The van der Waals surface area contributed by atoms with Crippen LogP contribution in [0.1, 0.15) is 30.5 Å². The molecule has 154 valence electrons. The van der Waals surface area contributed by atoms with E-state index < -0.39 is 0 Å². The van der Waals surface area contributed by atoms with Crippen LogP contribution >= 0.6 is 0 Å². The molecular formula is C28H31NO. The molecule has 3 rings (SSSR count). The van der Waals surface area contributed by atoms with E-state index in [1.54, 1.807) is 6.08 Å². The van der Waals surface area contributed by atoms with Gasteiger partial charge in [0, 0.05) is 13.1 Å². The first-order valence-corrected chi connectivity index (χ1v) is 10.7. The summed E-state index contributed by atoms with van der Waals surface area (Å²) in [6.45, 7) is 5.66. The number of carbonyl (C=O) groups is 1. The second-order valence-electron chi connectivity index (χ2n) is 8.09. The Morgan fingerprint density at radius 3 is 1.60 bits per heavy atom. The van der Waals surface area contributed by atoms with E-state index in [0.29, 0.717) is 12.3 Å². The van der Waals surface area contributed by atoms with Gasteiger partial charge in [0.2, 0.25) is 0 Å². The first kappa shape index (κ1) is 21.7. The molecule has 2 heteroatoms. The van der Waals surface area contributed by atoms with Gasteiger partial charge in [-0.1, -0.05) is 111 Å². The predicted octanol–water partition coefficient (Wildman–Crippen LogP) is 6.08. The molecule has 0 aliphatic heterocycles. The highest BCUT2D eigenvalue weighted by atomic mass is 16.1. The van der Waals surface area contributed by atoms with Gasteiger partial charge in [-0.05, 0) is 35.1 Å². The minimum Gasteiger partial charge on any atom is -0.293 e. The lowest BCUT2D eigenvalue weighted by molar-refractivity contribution is -0.120. The van der Waals surface area contributed by atoms with Crippen molar-refractivity contribution in [1.29, 1.82) is 0 Å². The molecule has 1 atom stereocenters. The van der Waals surface area contributed by atoms with E-state index in [9.17, 15) is 4.79 Å². The van der Waals surface area contributed by atoms with Crippen molar-refractivity contribution >= 4 is 5.78 Å². The SMILES string of the molecule is CC(C)/C=C/C(=O)[C@H](Cc1ccccc1)N(Cc1ccccc1)Cc1ccccc1. The molecule has 0 unspecified atom stereocenters. The van der Waals surface area contributed by atoms with Crippen LogP contribution in [0.15, 0.2) is 103 Å². The number of nitrogens with zero attached hydrogens (tertiary/aromatic N) is 1. The third-order valence-electron chi connectivity index (χ3n) is 5.14. The van der Waals surface area contributed by atoms with E-state index in [0.717, 1.165) is 13.1 Å². The summed E-state index contributed by atoms with van der Waals surface area (Å²) in [7, 11) is 0. The van der Waals surface area contributed by atoms with Crippen LogP contribution < -0.4 is 0 Å². The third-order valence-corrected chi connectivity index (χ3v) is 5.14. The molecule has 0 saturated carbocycles. The van der Waals surface area contributed by atoms with Crippen molar-refractivity contribution in [2.75, 3.05) is 0 Å². The number of rotatable bonds is 10. The van der Waals surface area contributed by atoms with Crippen LogP contribution in [0.2, 0.25) is 0 Å². The summed E-state index contributed by atoms with van der Waals surface area (Å²) in [5.74, 6) is 0.516. The largest absolute Gasteiger partial charge is 0.293 e. The average molecular weight is 398 g/mol. The lowest BCUT2D eigenvalue weighted by Gasteiger charge is -2.31. The zero-order valence-electron chi connectivity index (χ0n) is 17.9. The van der Waals surface area contributed by atoms with E-state index >= 15 is 0 Å². The molecule has 0 aliphatic carbocycles. The molecular weight excluding hydrogens is 366 g/mol. The first-order valence-electron chi connectivity index (χ1n) is 10.7. The molecule has 2 nitrogen and oxygen atoms in total. The Morgan fingerprint density at radius 2 is 1.17 bits per heavy atom. The van der Waals surface area contributed by atoms with Crippen LogP contribution in [-0.4, -0.2) is 16.7 Å². The molecule has 0 saturated heterocycles. The Hall–Kier alpha value is -2.97. The zero-order chi connectivity index (χ0) is 21.2. The summed E-state index contributed by atoms with van der Waals surface area (Å²) in [5.41, 5.74) is 3.61. The number of allylic oxidation sites excluding steroid dienone is 1. The predicted molar refractivity (Wildman–Crippen MR) is 125 cm³/mol. The highest BCUT2D eigenvalue weighted by Gasteiger charge is 2.25. The van der Waals surface area contributed by atoms with Gasteiger partial charge in [-0.2, -0.15) is 0 Å². The van der Waals surface area contributed by atoms with Gasteiger partial charge < -0.3 is 0 Å². The van der Waals surface area contributed by atoms with Crippen molar-refractivity contribution in [2.45, 2.75) is 39.4 Å². The van der Waals surface area contributed by atoms with Crippen molar-refractivity contribution in [3.63, 3.8) is 0 Å². The molecule has 0 N–H and O–H groups in total. The van der Waals surface area contributed by atoms with Gasteiger partial charge in [0.05, 0.1) is 6.04 Å². The smallest absolute Gasteiger partial charge is 0.172 e. The maximum absolute atomic E-state index is 13.3.